The van der Waals surface area contributed by atoms with Crippen LogP contribution in [0.15, 0.2) is 71.9 Å². The van der Waals surface area contributed by atoms with Crippen LogP contribution in [0.1, 0.15) is 150 Å². The van der Waals surface area contributed by atoms with Crippen molar-refractivity contribution in [2.75, 3.05) is 59.3 Å². The first kappa shape index (κ1) is 54.2. The molecule has 0 bridgehead atoms. The molecule has 2 aromatic carbocycles. The maximum Gasteiger partial charge on any atom is 0.412 e. The predicted molar refractivity (Wildman–Crippen MR) is 263 cm³/mol. The second-order valence-corrected chi connectivity index (χ2v) is 18.2. The first-order chi connectivity index (χ1) is 33.3. The molecule has 0 unspecified atom stereocenters. The molecule has 1 aliphatic heterocycles. The van der Waals surface area contributed by atoms with E-state index in [1.807, 2.05) is 19.1 Å². The van der Waals surface area contributed by atoms with E-state index in [1.54, 1.807) is 41.3 Å². The van der Waals surface area contributed by atoms with Gasteiger partial charge in [0.05, 0.1) is 49.7 Å². The Kier molecular flexibility index (Phi) is 23.3. The van der Waals surface area contributed by atoms with Gasteiger partial charge in [-0.25, -0.2) is 4.79 Å². The second-order valence-electron chi connectivity index (χ2n) is 18.2. The molecule has 68 heavy (non-hydrogen) atoms. The molecule has 0 radical (unpaired) electrons. The molecule has 1 fully saturated rings. The molecule has 14 nitrogen and oxygen atoms in total. The summed E-state index contributed by atoms with van der Waals surface area (Å²) in [6.07, 6.45) is 19.9. The average molecular weight is 943 g/mol. The summed E-state index contributed by atoms with van der Waals surface area (Å²) < 4.78 is 26.2. The number of aliphatic hydroxyl groups is 3. The third kappa shape index (κ3) is 14.6. The van der Waals surface area contributed by atoms with E-state index in [0.717, 1.165) is 56.1 Å². The molecule has 6 atom stereocenters. The summed E-state index contributed by atoms with van der Waals surface area (Å²) in [4.78, 5) is 35.9. The number of carbonyl (C=O) groups is 2. The van der Waals surface area contributed by atoms with Gasteiger partial charge >= 0.3 is 6.09 Å². The number of oxime groups is 1. The third-order valence-corrected chi connectivity index (χ3v) is 13.6. The van der Waals surface area contributed by atoms with Crippen molar-refractivity contribution in [1.29, 1.82) is 5.26 Å². The van der Waals surface area contributed by atoms with Crippen molar-refractivity contribution >= 4 is 17.7 Å². The molecule has 1 saturated carbocycles. The molecule has 5 rings (SSSR count). The molecule has 2 aliphatic carbocycles. The summed E-state index contributed by atoms with van der Waals surface area (Å²) >= 11 is 0. The van der Waals surface area contributed by atoms with Crippen LogP contribution in [0.25, 0.3) is 0 Å². The van der Waals surface area contributed by atoms with Crippen LogP contribution in [0, 0.1) is 29.1 Å². The van der Waals surface area contributed by atoms with E-state index < -0.39 is 23.8 Å². The van der Waals surface area contributed by atoms with Crippen LogP contribution < -0.4 is 14.8 Å². The number of rotatable bonds is 32. The highest BCUT2D eigenvalue weighted by molar-refractivity contribution is 6.03. The SMILES string of the molecule is C=CCO[C@@]12Oc3ccc(OC(=O)NCCCCCCCCCCCC)cc3[C@H]3[C@H](CCCCO)[C@@H](CCCCO)C=C(C(=NOCC)C[C@@H]1N(CCOCCO)C(=O)c1ccc(C#N)cc1)[C@H]32. The molecule has 4 N–H and O–H groups in total. The number of nitrogens with one attached hydrogen (secondary N) is 1. The van der Waals surface area contributed by atoms with E-state index in [1.165, 1.54) is 44.9 Å². The minimum Gasteiger partial charge on any atom is -0.459 e. The minimum absolute atomic E-state index is 0.0140. The molecule has 3 aliphatic rings. The fraction of sp³-hybridized carbons (Fsp3) is 0.630. The number of fused-ring (bicyclic) bond motifs is 2. The van der Waals surface area contributed by atoms with Crippen LogP contribution >= 0.6 is 0 Å². The lowest BCUT2D eigenvalue weighted by Gasteiger charge is -2.60. The van der Waals surface area contributed by atoms with Crippen molar-refractivity contribution in [3.8, 4) is 17.6 Å². The quantitative estimate of drug-likeness (QED) is 0.0310. The van der Waals surface area contributed by atoms with Gasteiger partial charge in [0.1, 0.15) is 24.1 Å². The number of allylic oxidation sites excluding steroid dienone is 1. The number of nitrogens with zero attached hydrogens (tertiary/aromatic N) is 3. The van der Waals surface area contributed by atoms with Crippen LogP contribution in [0.3, 0.4) is 0 Å². The van der Waals surface area contributed by atoms with Crippen LogP contribution in [0.5, 0.6) is 11.5 Å². The lowest BCUT2D eigenvalue weighted by atomic mass is 9.55. The normalized spacial score (nSPS) is 22.0. The number of ether oxygens (including phenoxy) is 4. The molecule has 0 spiro atoms. The Morgan fingerprint density at radius 2 is 1.62 bits per heavy atom. The van der Waals surface area contributed by atoms with Crippen LogP contribution in [0.2, 0.25) is 0 Å². The van der Waals surface area contributed by atoms with Crippen molar-refractivity contribution in [2.45, 2.75) is 141 Å². The van der Waals surface area contributed by atoms with Crippen LogP contribution in [-0.2, 0) is 14.3 Å². The smallest absolute Gasteiger partial charge is 0.412 e. The Morgan fingerprint density at radius 3 is 2.28 bits per heavy atom. The molecule has 2 aromatic rings. The van der Waals surface area contributed by atoms with Gasteiger partial charge in [0.25, 0.3) is 5.91 Å². The summed E-state index contributed by atoms with van der Waals surface area (Å²) in [5.74, 6) is -1.90. The number of hydrogen-bond acceptors (Lipinski definition) is 12. The van der Waals surface area contributed by atoms with Crippen molar-refractivity contribution in [3.63, 3.8) is 0 Å². The predicted octanol–water partition coefficient (Wildman–Crippen LogP) is 9.37. The fourth-order valence-corrected chi connectivity index (χ4v) is 10.4. The Balaban J connectivity index is 1.58. The number of aliphatic hydroxyl groups excluding tert-OH is 3. The number of benzene rings is 2. The highest BCUT2D eigenvalue weighted by atomic mass is 16.7. The zero-order valence-corrected chi connectivity index (χ0v) is 40.7. The lowest BCUT2D eigenvalue weighted by molar-refractivity contribution is -0.254. The van der Waals surface area contributed by atoms with Gasteiger partial charge in [-0.1, -0.05) is 94.9 Å². The molecule has 1 heterocycles. The maximum absolute atomic E-state index is 15.0. The van der Waals surface area contributed by atoms with E-state index in [2.05, 4.69) is 31.0 Å². The van der Waals surface area contributed by atoms with E-state index in [0.29, 0.717) is 54.3 Å². The molecule has 0 saturated heterocycles. The van der Waals surface area contributed by atoms with Gasteiger partial charge < -0.3 is 49.3 Å². The van der Waals surface area contributed by atoms with Crippen LogP contribution in [0.4, 0.5) is 4.79 Å². The van der Waals surface area contributed by atoms with Crippen molar-refractivity contribution in [2.24, 2.45) is 22.9 Å². The Labute approximate surface area is 404 Å². The average Bonchev–Trinajstić information content (AvgIpc) is 3.35. The molecular formula is C54H78N4O10. The molecule has 374 valence electrons. The summed E-state index contributed by atoms with van der Waals surface area (Å²) in [7, 11) is 0. The van der Waals surface area contributed by atoms with Gasteiger partial charge in [-0.3, -0.25) is 4.79 Å². The van der Waals surface area contributed by atoms with Crippen molar-refractivity contribution in [3.05, 3.63) is 83.5 Å². The zero-order chi connectivity index (χ0) is 48.6. The zero-order valence-electron chi connectivity index (χ0n) is 40.7. The fourth-order valence-electron chi connectivity index (χ4n) is 10.4. The van der Waals surface area contributed by atoms with E-state index >= 15 is 4.79 Å². The lowest BCUT2D eigenvalue weighted by Crippen LogP contribution is -2.70. The standard InChI is InChI=1S/C54H78N4O10/c1-4-7-8-9-10-11-12-13-14-17-28-56-53(63)67-43-26-27-48-46(37-43)50-44(21-16-19-31-60)42(20-15-18-30-59)36-45-47(57-66-6-3)38-49(54(68-48,51(45)50)65-33-5-2)58(29-34-64-35-32-61)52(62)41-24-22-40(39-55)23-25-41/h5,22-27,36-37,42,44,49-51,59-61H,2,4,6-21,28-35,38H2,1,3H3,(H,56,63)/t42-,44+,49-,50+,51+,54+/m0/s1. The van der Waals surface area contributed by atoms with Crippen molar-refractivity contribution in [1.82, 2.24) is 10.2 Å². The Morgan fingerprint density at radius 1 is 0.912 bits per heavy atom. The highest BCUT2D eigenvalue weighted by Crippen LogP contribution is 2.62. The number of carbonyl (C=O) groups excluding carboxylic acids is 2. The largest absolute Gasteiger partial charge is 0.459 e. The van der Waals surface area contributed by atoms with Crippen molar-refractivity contribution < 1.29 is 48.7 Å². The van der Waals surface area contributed by atoms with Gasteiger partial charge in [-0.2, -0.15) is 5.26 Å². The monoisotopic (exact) mass is 943 g/mol. The molecular weight excluding hydrogens is 865 g/mol. The van der Waals surface area contributed by atoms with Gasteiger partial charge in [0, 0.05) is 49.8 Å². The number of nitriles is 1. The molecule has 14 heteroatoms. The topological polar surface area (TPSA) is 192 Å². The van der Waals surface area contributed by atoms with E-state index in [4.69, 9.17) is 28.9 Å². The summed E-state index contributed by atoms with van der Waals surface area (Å²) in [6, 6.07) is 13.2. The van der Waals surface area contributed by atoms with Crippen LogP contribution in [-0.4, -0.2) is 109 Å². The van der Waals surface area contributed by atoms with Gasteiger partial charge in [0.15, 0.2) is 0 Å². The summed E-state index contributed by atoms with van der Waals surface area (Å²) in [6.45, 7) is 9.23. The van der Waals surface area contributed by atoms with E-state index in [9.17, 15) is 25.4 Å². The number of amides is 2. The Bertz CT molecular complexity index is 1970. The van der Waals surface area contributed by atoms with Gasteiger partial charge in [0.2, 0.25) is 5.79 Å². The third-order valence-electron chi connectivity index (χ3n) is 13.6. The minimum atomic E-state index is -1.53. The number of unbranched alkanes of at least 4 members (excludes halogenated alkanes) is 11. The van der Waals surface area contributed by atoms with Gasteiger partial charge in [-0.15, -0.1) is 6.58 Å². The van der Waals surface area contributed by atoms with Gasteiger partial charge in [-0.05, 0) is 98.9 Å². The molecule has 2 amide bonds. The summed E-state index contributed by atoms with van der Waals surface area (Å²) in [5.41, 5.74) is 3.11. The van der Waals surface area contributed by atoms with E-state index in [-0.39, 0.29) is 76.3 Å². The Hall–Kier alpha value is -4.78. The first-order valence-electron chi connectivity index (χ1n) is 25.5. The highest BCUT2D eigenvalue weighted by Gasteiger charge is 2.65. The second kappa shape index (κ2) is 29.3. The first-order valence-corrected chi connectivity index (χ1v) is 25.5. The molecule has 0 aromatic heterocycles. The number of hydrogen-bond donors (Lipinski definition) is 4. The maximum atomic E-state index is 15.0. The summed E-state index contributed by atoms with van der Waals surface area (Å²) in [5, 5.41) is 46.8.